The van der Waals surface area contributed by atoms with Crippen molar-refractivity contribution < 1.29 is 4.52 Å². The third-order valence-corrected chi connectivity index (χ3v) is 1.10. The van der Waals surface area contributed by atoms with Gasteiger partial charge in [-0.3, -0.25) is 0 Å². The fourth-order valence-corrected chi connectivity index (χ4v) is 0.611. The molecule has 10 heavy (non-hydrogen) atoms. The van der Waals surface area contributed by atoms with E-state index in [0.29, 0.717) is 6.54 Å². The Bertz CT molecular complexity index is 191. The van der Waals surface area contributed by atoms with E-state index in [1.54, 1.807) is 12.5 Å². The zero-order valence-corrected chi connectivity index (χ0v) is 5.66. The van der Waals surface area contributed by atoms with E-state index in [0.717, 1.165) is 12.0 Å². The lowest BCUT2D eigenvalue weighted by molar-refractivity contribution is 0.419. The Hall–Kier alpha value is -1.09. The van der Waals surface area contributed by atoms with Gasteiger partial charge < -0.3 is 10.3 Å². The number of hydrogen-bond donors (Lipinski definition) is 1. The van der Waals surface area contributed by atoms with E-state index in [-0.39, 0.29) is 0 Å². The molecule has 2 N–H and O–H groups in total. The molecule has 0 amide bonds. The summed E-state index contributed by atoms with van der Waals surface area (Å²) in [7, 11) is 0. The van der Waals surface area contributed by atoms with Crippen LogP contribution in [-0.4, -0.2) is 11.7 Å². The van der Waals surface area contributed by atoms with Crippen LogP contribution >= 0.6 is 0 Å². The molecule has 0 aliphatic heterocycles. The van der Waals surface area contributed by atoms with Gasteiger partial charge in [-0.05, 0) is 13.0 Å². The Morgan fingerprint density at radius 3 is 3.20 bits per heavy atom. The fourth-order valence-electron chi connectivity index (χ4n) is 0.611. The molecule has 3 heteroatoms. The maximum Gasteiger partial charge on any atom is 0.131 e. The van der Waals surface area contributed by atoms with Gasteiger partial charge in [0.2, 0.25) is 0 Å². The lowest BCUT2D eigenvalue weighted by Gasteiger charge is -1.81. The Morgan fingerprint density at radius 1 is 1.70 bits per heavy atom. The highest BCUT2D eigenvalue weighted by Crippen LogP contribution is 1.99. The van der Waals surface area contributed by atoms with E-state index in [2.05, 4.69) is 9.68 Å². The zero-order valence-electron chi connectivity index (χ0n) is 5.66. The van der Waals surface area contributed by atoms with Crippen molar-refractivity contribution in [3.8, 4) is 0 Å². The highest BCUT2D eigenvalue weighted by Gasteiger charge is 1.85. The average molecular weight is 138 g/mol. The molecular formula is C7H10N2O. The normalized spacial score (nSPS) is 10.9. The topological polar surface area (TPSA) is 52.0 Å². The Morgan fingerprint density at radius 2 is 2.60 bits per heavy atom. The smallest absolute Gasteiger partial charge is 0.131 e. The average Bonchev–Trinajstić information content (AvgIpc) is 2.41. The highest BCUT2D eigenvalue weighted by molar-refractivity contribution is 5.45. The number of hydrogen-bond acceptors (Lipinski definition) is 3. The maximum absolute atomic E-state index is 5.28. The predicted molar refractivity (Wildman–Crippen MR) is 39.2 cm³/mol. The molecule has 0 aliphatic rings. The van der Waals surface area contributed by atoms with Gasteiger partial charge in [0.15, 0.2) is 0 Å². The Labute approximate surface area is 59.5 Å². The van der Waals surface area contributed by atoms with Gasteiger partial charge in [-0.25, -0.2) is 0 Å². The summed E-state index contributed by atoms with van der Waals surface area (Å²) < 4.78 is 4.61. The first-order chi connectivity index (χ1) is 4.93. The van der Waals surface area contributed by atoms with E-state index < -0.39 is 0 Å². The molecule has 0 unspecified atom stereocenters. The van der Waals surface area contributed by atoms with Gasteiger partial charge >= 0.3 is 0 Å². The van der Waals surface area contributed by atoms with Crippen LogP contribution in [0.1, 0.15) is 12.0 Å². The molecule has 0 fully saturated rings. The fraction of sp³-hybridized carbons (Fsp3) is 0.286. The quantitative estimate of drug-likeness (QED) is 0.678. The molecular weight excluding hydrogens is 128 g/mol. The minimum atomic E-state index is 0.682. The number of aromatic nitrogens is 1. The molecule has 0 radical (unpaired) electrons. The summed E-state index contributed by atoms with van der Waals surface area (Å²) in [6.07, 6.45) is 8.07. The van der Waals surface area contributed by atoms with Crippen molar-refractivity contribution in [2.45, 2.75) is 6.42 Å². The van der Waals surface area contributed by atoms with Gasteiger partial charge in [-0.15, -0.1) is 0 Å². The number of nitrogens with two attached hydrogens (primary N) is 1. The third-order valence-electron chi connectivity index (χ3n) is 1.10. The van der Waals surface area contributed by atoms with Gasteiger partial charge in [-0.2, -0.15) is 0 Å². The summed E-state index contributed by atoms with van der Waals surface area (Å²) in [5, 5.41) is 3.54. The van der Waals surface area contributed by atoms with Crippen molar-refractivity contribution in [3.63, 3.8) is 0 Å². The van der Waals surface area contributed by atoms with Crippen LogP contribution in [0.15, 0.2) is 23.1 Å². The predicted octanol–water partition coefficient (Wildman–Crippen LogP) is 1.04. The van der Waals surface area contributed by atoms with E-state index in [4.69, 9.17) is 5.73 Å². The first kappa shape index (κ1) is 7.02. The molecule has 1 aromatic heterocycles. The van der Waals surface area contributed by atoms with E-state index in [1.807, 2.05) is 12.2 Å². The van der Waals surface area contributed by atoms with Crippen LogP contribution in [0, 0.1) is 0 Å². The second-order valence-electron chi connectivity index (χ2n) is 1.94. The van der Waals surface area contributed by atoms with Crippen LogP contribution in [-0.2, 0) is 0 Å². The third kappa shape index (κ3) is 2.03. The van der Waals surface area contributed by atoms with Gasteiger partial charge in [0.25, 0.3) is 0 Å². The molecule has 54 valence electrons. The summed E-state index contributed by atoms with van der Waals surface area (Å²) >= 11 is 0. The molecule has 0 saturated heterocycles. The SMILES string of the molecule is NCCC=Cc1cnoc1. The Kier molecular flexibility index (Phi) is 2.70. The summed E-state index contributed by atoms with van der Waals surface area (Å²) in [6.45, 7) is 0.682. The summed E-state index contributed by atoms with van der Waals surface area (Å²) in [5.74, 6) is 0. The van der Waals surface area contributed by atoms with Crippen LogP contribution in [0.4, 0.5) is 0 Å². The van der Waals surface area contributed by atoms with E-state index in [9.17, 15) is 0 Å². The van der Waals surface area contributed by atoms with Gasteiger partial charge in [-0.1, -0.05) is 17.3 Å². The van der Waals surface area contributed by atoms with E-state index >= 15 is 0 Å². The lowest BCUT2D eigenvalue weighted by atomic mass is 10.3. The van der Waals surface area contributed by atoms with Crippen LogP contribution in [0.25, 0.3) is 6.08 Å². The van der Waals surface area contributed by atoms with Crippen LogP contribution in [0.2, 0.25) is 0 Å². The van der Waals surface area contributed by atoms with Crippen molar-refractivity contribution in [1.82, 2.24) is 5.16 Å². The van der Waals surface area contributed by atoms with Crippen molar-refractivity contribution in [3.05, 3.63) is 24.1 Å². The van der Waals surface area contributed by atoms with Crippen molar-refractivity contribution >= 4 is 6.08 Å². The second kappa shape index (κ2) is 3.85. The molecule has 1 heterocycles. The summed E-state index contributed by atoms with van der Waals surface area (Å²) in [5.41, 5.74) is 6.26. The minimum absolute atomic E-state index is 0.682. The molecule has 0 spiro atoms. The van der Waals surface area contributed by atoms with Crippen molar-refractivity contribution in [2.24, 2.45) is 5.73 Å². The maximum atomic E-state index is 5.28. The highest BCUT2D eigenvalue weighted by atomic mass is 16.5. The van der Waals surface area contributed by atoms with Crippen LogP contribution in [0.5, 0.6) is 0 Å². The van der Waals surface area contributed by atoms with Crippen LogP contribution in [0.3, 0.4) is 0 Å². The summed E-state index contributed by atoms with van der Waals surface area (Å²) in [6, 6.07) is 0. The largest absolute Gasteiger partial charge is 0.364 e. The molecule has 3 nitrogen and oxygen atoms in total. The van der Waals surface area contributed by atoms with Crippen molar-refractivity contribution in [2.75, 3.05) is 6.54 Å². The molecule has 0 aromatic carbocycles. The van der Waals surface area contributed by atoms with Gasteiger partial charge in [0, 0.05) is 5.56 Å². The number of nitrogens with zero attached hydrogens (tertiary/aromatic N) is 1. The monoisotopic (exact) mass is 138 g/mol. The molecule has 0 atom stereocenters. The minimum Gasteiger partial charge on any atom is -0.364 e. The van der Waals surface area contributed by atoms with Crippen molar-refractivity contribution in [1.29, 1.82) is 0 Å². The molecule has 1 rings (SSSR count). The second-order valence-corrected chi connectivity index (χ2v) is 1.94. The first-order valence-corrected chi connectivity index (χ1v) is 3.19. The van der Waals surface area contributed by atoms with Gasteiger partial charge in [0.1, 0.15) is 6.26 Å². The standard InChI is InChI=1S/C7H10N2O/c8-4-2-1-3-7-5-9-10-6-7/h1,3,5-6H,2,4,8H2. The molecule has 0 saturated carbocycles. The lowest BCUT2D eigenvalue weighted by Crippen LogP contribution is -1.94. The van der Waals surface area contributed by atoms with Gasteiger partial charge in [0.05, 0.1) is 6.20 Å². The molecule has 1 aromatic rings. The van der Waals surface area contributed by atoms with E-state index in [1.165, 1.54) is 0 Å². The Balaban J connectivity index is 2.40. The molecule has 0 aliphatic carbocycles. The first-order valence-electron chi connectivity index (χ1n) is 3.19. The summed E-state index contributed by atoms with van der Waals surface area (Å²) in [4.78, 5) is 0. The van der Waals surface area contributed by atoms with Crippen LogP contribution < -0.4 is 5.73 Å². The number of rotatable bonds is 3. The zero-order chi connectivity index (χ0) is 7.23. The molecule has 0 bridgehead atoms.